The van der Waals surface area contributed by atoms with E-state index in [1.165, 1.54) is 23.0 Å². The second kappa shape index (κ2) is 7.60. The third kappa shape index (κ3) is 3.98. The largest absolute Gasteiger partial charge is 0.416 e. The van der Waals surface area contributed by atoms with E-state index in [0.717, 1.165) is 30.6 Å². The maximum absolute atomic E-state index is 11.6. The van der Waals surface area contributed by atoms with Gasteiger partial charge in [-0.1, -0.05) is 30.0 Å². The zero-order valence-corrected chi connectivity index (χ0v) is 17.6. The molecule has 1 aliphatic carbocycles. The molecule has 0 saturated carbocycles. The number of thioether (sulfide) groups is 1. The van der Waals surface area contributed by atoms with Gasteiger partial charge in [0.2, 0.25) is 5.89 Å². The van der Waals surface area contributed by atoms with Crippen molar-refractivity contribution in [1.29, 1.82) is 0 Å². The summed E-state index contributed by atoms with van der Waals surface area (Å²) >= 11 is 1.49. The summed E-state index contributed by atoms with van der Waals surface area (Å²) < 4.78 is 31.1. The summed E-state index contributed by atoms with van der Waals surface area (Å²) in [6, 6.07) is 10.2. The van der Waals surface area contributed by atoms with Crippen LogP contribution in [0.4, 0.5) is 0 Å². The van der Waals surface area contributed by atoms with Crippen molar-refractivity contribution in [2.75, 3.05) is 11.5 Å². The summed E-state index contributed by atoms with van der Waals surface area (Å²) in [6.45, 7) is 0. The fourth-order valence-corrected chi connectivity index (χ4v) is 6.81. The fourth-order valence-electron chi connectivity index (χ4n) is 4.20. The molecule has 1 fully saturated rings. The van der Waals surface area contributed by atoms with Crippen LogP contribution in [-0.2, 0) is 34.9 Å². The lowest BCUT2D eigenvalue weighted by Crippen LogP contribution is -2.07. The summed E-state index contributed by atoms with van der Waals surface area (Å²) in [5, 5.41) is 13.6. The van der Waals surface area contributed by atoms with Crippen molar-refractivity contribution in [2.24, 2.45) is 5.92 Å². The lowest BCUT2D eigenvalue weighted by molar-refractivity contribution is 0.389. The monoisotopic (exact) mass is 430 g/mol. The summed E-state index contributed by atoms with van der Waals surface area (Å²) in [4.78, 5) is 0. The van der Waals surface area contributed by atoms with Crippen molar-refractivity contribution in [3.63, 3.8) is 0 Å². The van der Waals surface area contributed by atoms with E-state index in [1.54, 1.807) is 0 Å². The number of para-hydroxylation sites is 1. The summed E-state index contributed by atoms with van der Waals surface area (Å²) in [5.41, 5.74) is 4.82. The van der Waals surface area contributed by atoms with Gasteiger partial charge >= 0.3 is 0 Å². The van der Waals surface area contributed by atoms with Crippen LogP contribution in [0.3, 0.4) is 0 Å². The number of benzene rings is 1. The molecule has 0 radical (unpaired) electrons. The molecule has 1 aliphatic heterocycles. The Balaban J connectivity index is 1.27. The maximum Gasteiger partial charge on any atom is 0.276 e. The Bertz CT molecular complexity index is 1120. The molecule has 2 aliphatic rings. The van der Waals surface area contributed by atoms with Crippen LogP contribution in [0.25, 0.3) is 5.69 Å². The molecule has 1 aromatic carbocycles. The molecule has 2 aromatic heterocycles. The first-order valence-electron chi connectivity index (χ1n) is 9.88. The Morgan fingerprint density at radius 3 is 2.83 bits per heavy atom. The molecule has 1 saturated heterocycles. The predicted molar refractivity (Wildman–Crippen MR) is 110 cm³/mol. The molecule has 7 nitrogen and oxygen atoms in total. The Kier molecular flexibility index (Phi) is 4.95. The second-order valence-corrected chi connectivity index (χ2v) is 10.9. The van der Waals surface area contributed by atoms with Crippen molar-refractivity contribution in [1.82, 2.24) is 20.0 Å². The van der Waals surface area contributed by atoms with Gasteiger partial charge in [0.25, 0.3) is 5.22 Å². The highest BCUT2D eigenvalue weighted by atomic mass is 32.2. The van der Waals surface area contributed by atoms with Gasteiger partial charge in [0.1, 0.15) is 0 Å². The third-order valence-corrected chi connectivity index (χ3v) is 8.25. The van der Waals surface area contributed by atoms with Crippen molar-refractivity contribution < 1.29 is 12.8 Å². The predicted octanol–water partition coefficient (Wildman–Crippen LogP) is 3.01. The first kappa shape index (κ1) is 18.9. The Morgan fingerprint density at radius 1 is 1.17 bits per heavy atom. The van der Waals surface area contributed by atoms with Gasteiger partial charge in [-0.05, 0) is 49.3 Å². The molecule has 5 rings (SSSR count). The normalized spacial score (nSPS) is 20.2. The van der Waals surface area contributed by atoms with Gasteiger partial charge in [-0.25, -0.2) is 13.1 Å². The highest BCUT2D eigenvalue weighted by molar-refractivity contribution is 7.98. The molecular weight excluding hydrogens is 408 g/mol. The van der Waals surface area contributed by atoms with E-state index in [-0.39, 0.29) is 17.4 Å². The molecule has 152 valence electrons. The first-order valence-corrected chi connectivity index (χ1v) is 12.7. The average molecular weight is 431 g/mol. The van der Waals surface area contributed by atoms with Crippen LogP contribution in [-0.4, -0.2) is 39.9 Å². The van der Waals surface area contributed by atoms with Crippen molar-refractivity contribution >= 4 is 21.6 Å². The molecule has 0 N–H and O–H groups in total. The standard InChI is InChI=1S/C20H22N4O3S2/c25-29(26)10-9-14(13-29)11-19-21-22-20(27-19)28-12-17-16-7-4-8-18(16)24(23-17)15-5-2-1-3-6-15/h1-3,5-6,14H,4,7-13H2. The highest BCUT2D eigenvalue weighted by Gasteiger charge is 2.29. The smallest absolute Gasteiger partial charge is 0.276 e. The number of rotatable bonds is 6. The lowest BCUT2D eigenvalue weighted by atomic mass is 10.1. The fraction of sp³-hybridized carbons (Fsp3) is 0.450. The molecule has 9 heteroatoms. The number of aromatic nitrogens is 4. The van der Waals surface area contributed by atoms with E-state index in [1.807, 2.05) is 18.2 Å². The van der Waals surface area contributed by atoms with Crippen LogP contribution in [0.15, 0.2) is 40.0 Å². The topological polar surface area (TPSA) is 90.9 Å². The molecular formula is C20H22N4O3S2. The molecule has 1 atom stereocenters. The summed E-state index contributed by atoms with van der Waals surface area (Å²) in [7, 11) is -2.89. The molecule has 0 spiro atoms. The average Bonchev–Trinajstić information content (AvgIpc) is 3.47. The van der Waals surface area contributed by atoms with Crippen molar-refractivity contribution in [3.8, 4) is 5.69 Å². The molecule has 0 bridgehead atoms. The van der Waals surface area contributed by atoms with E-state index < -0.39 is 9.84 Å². The molecule has 29 heavy (non-hydrogen) atoms. The minimum absolute atomic E-state index is 0.0862. The summed E-state index contributed by atoms with van der Waals surface area (Å²) in [5.74, 6) is 1.78. The minimum atomic E-state index is -2.89. The van der Waals surface area contributed by atoms with Crippen LogP contribution in [0.1, 0.15) is 35.7 Å². The minimum Gasteiger partial charge on any atom is -0.416 e. The van der Waals surface area contributed by atoms with E-state index in [0.29, 0.717) is 29.7 Å². The SMILES string of the molecule is O=S1(=O)CCC(Cc2nnc(SCc3nn(-c4ccccc4)c4c3CCC4)o2)C1. The number of nitrogens with zero attached hydrogens (tertiary/aromatic N) is 4. The number of fused-ring (bicyclic) bond motifs is 1. The molecule has 3 heterocycles. The van der Waals surface area contributed by atoms with Gasteiger partial charge in [-0.3, -0.25) is 0 Å². The van der Waals surface area contributed by atoms with Crippen molar-refractivity contribution in [2.45, 2.75) is 43.1 Å². The highest BCUT2D eigenvalue weighted by Crippen LogP contribution is 2.32. The van der Waals surface area contributed by atoms with Crippen LogP contribution < -0.4 is 0 Å². The van der Waals surface area contributed by atoms with Gasteiger partial charge in [0.15, 0.2) is 9.84 Å². The zero-order valence-electron chi connectivity index (χ0n) is 16.0. The van der Waals surface area contributed by atoms with Crippen molar-refractivity contribution in [3.05, 3.63) is 53.2 Å². The van der Waals surface area contributed by atoms with Crippen LogP contribution in [0, 0.1) is 5.92 Å². The first-order chi connectivity index (χ1) is 14.1. The van der Waals surface area contributed by atoms with Gasteiger partial charge in [0.05, 0.1) is 22.9 Å². The molecule has 1 unspecified atom stereocenters. The van der Waals surface area contributed by atoms with Crippen LogP contribution in [0.2, 0.25) is 0 Å². The van der Waals surface area contributed by atoms with Gasteiger partial charge in [-0.15, -0.1) is 10.2 Å². The van der Waals surface area contributed by atoms with Crippen LogP contribution in [0.5, 0.6) is 0 Å². The Labute approximate surface area is 173 Å². The lowest BCUT2D eigenvalue weighted by Gasteiger charge is -2.04. The van der Waals surface area contributed by atoms with Gasteiger partial charge in [0, 0.05) is 17.9 Å². The van der Waals surface area contributed by atoms with Crippen LogP contribution >= 0.6 is 11.8 Å². The quantitative estimate of drug-likeness (QED) is 0.555. The van der Waals surface area contributed by atoms with Gasteiger partial charge < -0.3 is 4.42 Å². The molecule has 3 aromatic rings. The number of sulfone groups is 1. The maximum atomic E-state index is 11.6. The summed E-state index contributed by atoms with van der Waals surface area (Å²) in [6.07, 6.45) is 4.48. The van der Waals surface area contributed by atoms with Gasteiger partial charge in [-0.2, -0.15) is 5.10 Å². The number of hydrogen-bond donors (Lipinski definition) is 0. The second-order valence-electron chi connectivity index (χ2n) is 7.70. The van der Waals surface area contributed by atoms with E-state index >= 15 is 0 Å². The zero-order chi connectivity index (χ0) is 19.8. The third-order valence-electron chi connectivity index (χ3n) is 5.58. The molecule has 0 amide bonds. The van der Waals surface area contributed by atoms with E-state index in [2.05, 4.69) is 27.0 Å². The number of hydrogen-bond acceptors (Lipinski definition) is 7. The van der Waals surface area contributed by atoms with E-state index in [9.17, 15) is 8.42 Å². The van der Waals surface area contributed by atoms with E-state index in [4.69, 9.17) is 9.52 Å². The Morgan fingerprint density at radius 2 is 2.03 bits per heavy atom. The Hall–Kier alpha value is -2.13.